The molecule has 2 aromatic rings. The van der Waals surface area contributed by atoms with E-state index in [2.05, 4.69) is 20.8 Å². The van der Waals surface area contributed by atoms with Gasteiger partial charge >= 0.3 is 0 Å². The van der Waals surface area contributed by atoms with E-state index >= 15 is 0 Å². The van der Waals surface area contributed by atoms with Crippen LogP contribution in [0.5, 0.6) is 5.75 Å². The highest BCUT2D eigenvalue weighted by atomic mass is 32.1. The molecule has 0 unspecified atom stereocenters. The molecule has 9 heteroatoms. The van der Waals surface area contributed by atoms with E-state index in [9.17, 15) is 9.59 Å². The zero-order valence-electron chi connectivity index (χ0n) is 15.8. The van der Waals surface area contributed by atoms with Crippen molar-refractivity contribution in [2.45, 2.75) is 38.2 Å². The van der Waals surface area contributed by atoms with Crippen LogP contribution in [0.2, 0.25) is 0 Å². The van der Waals surface area contributed by atoms with Gasteiger partial charge in [-0.3, -0.25) is 9.59 Å². The minimum atomic E-state index is -0.303. The second-order valence-electron chi connectivity index (χ2n) is 6.48. The fourth-order valence-electron chi connectivity index (χ4n) is 2.83. The summed E-state index contributed by atoms with van der Waals surface area (Å²) >= 11 is 1.24. The summed E-state index contributed by atoms with van der Waals surface area (Å²) in [6.07, 6.45) is 3.91. The number of hydrogen-bond acceptors (Lipinski definition) is 7. The quantitative estimate of drug-likeness (QED) is 0.665. The first kappa shape index (κ1) is 20.2. The Morgan fingerprint density at radius 1 is 1.29 bits per heavy atom. The highest BCUT2D eigenvalue weighted by molar-refractivity contribution is 7.13. The maximum absolute atomic E-state index is 12.3. The molecule has 150 valence electrons. The van der Waals surface area contributed by atoms with Crippen molar-refractivity contribution in [3.63, 3.8) is 0 Å². The molecule has 1 saturated heterocycles. The van der Waals surface area contributed by atoms with Crippen molar-refractivity contribution in [1.29, 1.82) is 0 Å². The molecule has 2 amide bonds. The number of benzene rings is 1. The van der Waals surface area contributed by atoms with E-state index in [0.717, 1.165) is 30.2 Å². The third-order valence-corrected chi connectivity index (χ3v) is 5.34. The number of amides is 2. The lowest BCUT2D eigenvalue weighted by Crippen LogP contribution is -2.31. The summed E-state index contributed by atoms with van der Waals surface area (Å²) in [7, 11) is 1.59. The fourth-order valence-corrected chi connectivity index (χ4v) is 3.60. The Kier molecular flexibility index (Phi) is 7.32. The van der Waals surface area contributed by atoms with E-state index in [-0.39, 0.29) is 17.9 Å². The Labute approximate surface area is 167 Å². The minimum absolute atomic E-state index is 0.0116. The molecule has 1 fully saturated rings. The zero-order valence-corrected chi connectivity index (χ0v) is 16.6. The first-order valence-electron chi connectivity index (χ1n) is 9.30. The molecule has 28 heavy (non-hydrogen) atoms. The van der Waals surface area contributed by atoms with Gasteiger partial charge < -0.3 is 20.1 Å². The number of rotatable bonds is 9. The number of aryl methyl sites for hydroxylation is 1. The topological polar surface area (TPSA) is 102 Å². The molecule has 0 aliphatic carbocycles. The molecule has 1 aromatic heterocycles. The summed E-state index contributed by atoms with van der Waals surface area (Å²) in [5, 5.41) is 14.7. The van der Waals surface area contributed by atoms with Gasteiger partial charge in [-0.2, -0.15) is 0 Å². The maximum Gasteiger partial charge on any atom is 0.286 e. The smallest absolute Gasteiger partial charge is 0.286 e. The van der Waals surface area contributed by atoms with Gasteiger partial charge in [0.2, 0.25) is 10.9 Å². The molecule has 1 aromatic carbocycles. The van der Waals surface area contributed by atoms with Gasteiger partial charge in [0.25, 0.3) is 5.91 Å². The third-order valence-electron chi connectivity index (χ3n) is 4.35. The van der Waals surface area contributed by atoms with Crippen LogP contribution in [0.15, 0.2) is 24.3 Å². The van der Waals surface area contributed by atoms with Gasteiger partial charge in [-0.1, -0.05) is 11.3 Å². The number of carbonyl (C=O) groups is 2. The van der Waals surface area contributed by atoms with Gasteiger partial charge in [0.1, 0.15) is 10.8 Å². The van der Waals surface area contributed by atoms with Crippen molar-refractivity contribution in [3.8, 4) is 5.75 Å². The van der Waals surface area contributed by atoms with E-state index < -0.39 is 0 Å². The molecule has 1 atom stereocenters. The SMILES string of the molecule is COc1ccc(NC(=O)c2nnc(CCCC(=O)NC[C@H]3CCCO3)s2)cc1. The molecule has 0 spiro atoms. The third kappa shape index (κ3) is 6.00. The molecule has 8 nitrogen and oxygen atoms in total. The summed E-state index contributed by atoms with van der Waals surface area (Å²) < 4.78 is 10.6. The predicted octanol–water partition coefficient (Wildman–Crippen LogP) is 2.42. The normalized spacial score (nSPS) is 16.0. The van der Waals surface area contributed by atoms with Crippen LogP contribution in [-0.4, -0.2) is 48.4 Å². The number of methoxy groups -OCH3 is 1. The van der Waals surface area contributed by atoms with Crippen molar-refractivity contribution in [2.24, 2.45) is 0 Å². The van der Waals surface area contributed by atoms with Crippen molar-refractivity contribution >= 4 is 28.8 Å². The standard InChI is InChI=1S/C19H24N4O4S/c1-26-14-9-7-13(8-10-14)21-18(25)19-23-22-17(28-19)6-2-5-16(24)20-12-15-4-3-11-27-15/h7-10,15H,2-6,11-12H2,1H3,(H,20,24)(H,21,25)/t15-/m1/s1. The maximum atomic E-state index is 12.3. The van der Waals surface area contributed by atoms with E-state index in [1.165, 1.54) is 11.3 Å². The number of nitrogens with one attached hydrogen (secondary N) is 2. The van der Waals surface area contributed by atoms with Crippen LogP contribution >= 0.6 is 11.3 Å². The molecule has 2 heterocycles. The first-order chi connectivity index (χ1) is 13.6. The molecule has 1 aliphatic rings. The van der Waals surface area contributed by atoms with Crippen LogP contribution in [0.1, 0.15) is 40.5 Å². The summed E-state index contributed by atoms with van der Waals surface area (Å²) in [6.45, 7) is 1.36. The van der Waals surface area contributed by atoms with E-state index in [4.69, 9.17) is 9.47 Å². The lowest BCUT2D eigenvalue weighted by molar-refractivity contribution is -0.121. The van der Waals surface area contributed by atoms with Crippen molar-refractivity contribution in [2.75, 3.05) is 25.6 Å². The average molecular weight is 404 g/mol. The lowest BCUT2D eigenvalue weighted by atomic mass is 10.2. The fraction of sp³-hybridized carbons (Fsp3) is 0.474. The highest BCUT2D eigenvalue weighted by Gasteiger charge is 2.16. The van der Waals surface area contributed by atoms with Crippen LogP contribution in [0, 0.1) is 0 Å². The number of carbonyl (C=O) groups excluding carboxylic acids is 2. The number of nitrogens with zero attached hydrogens (tertiary/aromatic N) is 2. The van der Waals surface area contributed by atoms with Gasteiger partial charge in [-0.25, -0.2) is 0 Å². The summed E-state index contributed by atoms with van der Waals surface area (Å²) in [4.78, 5) is 24.1. The monoisotopic (exact) mass is 404 g/mol. The van der Waals surface area contributed by atoms with Crippen LogP contribution < -0.4 is 15.4 Å². The minimum Gasteiger partial charge on any atom is -0.497 e. The van der Waals surface area contributed by atoms with Gasteiger partial charge in [0, 0.05) is 31.7 Å². The Balaban J connectivity index is 1.39. The molecule has 1 aliphatic heterocycles. The number of anilines is 1. The lowest BCUT2D eigenvalue weighted by Gasteiger charge is -2.10. The van der Waals surface area contributed by atoms with Crippen LogP contribution in [0.4, 0.5) is 5.69 Å². The van der Waals surface area contributed by atoms with Crippen LogP contribution in [0.25, 0.3) is 0 Å². The molecular formula is C19H24N4O4S. The van der Waals surface area contributed by atoms with Crippen LogP contribution in [-0.2, 0) is 16.0 Å². The highest BCUT2D eigenvalue weighted by Crippen LogP contribution is 2.18. The van der Waals surface area contributed by atoms with Crippen LogP contribution in [0.3, 0.4) is 0 Å². The number of hydrogen-bond donors (Lipinski definition) is 2. The first-order valence-corrected chi connectivity index (χ1v) is 10.1. The van der Waals surface area contributed by atoms with Gasteiger partial charge in [-0.15, -0.1) is 10.2 Å². The van der Waals surface area contributed by atoms with Crippen molar-refractivity contribution in [3.05, 3.63) is 34.3 Å². The van der Waals surface area contributed by atoms with Crippen molar-refractivity contribution in [1.82, 2.24) is 15.5 Å². The molecule has 3 rings (SSSR count). The molecule has 0 radical (unpaired) electrons. The largest absolute Gasteiger partial charge is 0.497 e. The van der Waals surface area contributed by atoms with E-state index in [0.29, 0.717) is 36.5 Å². The molecule has 0 saturated carbocycles. The number of ether oxygens (including phenoxy) is 2. The second kappa shape index (κ2) is 10.1. The van der Waals surface area contributed by atoms with Gasteiger partial charge in [0.05, 0.1) is 13.2 Å². The van der Waals surface area contributed by atoms with E-state index in [1.807, 2.05) is 0 Å². The average Bonchev–Trinajstić information content (AvgIpc) is 3.39. The molecule has 0 bridgehead atoms. The number of aromatic nitrogens is 2. The predicted molar refractivity (Wildman–Crippen MR) is 106 cm³/mol. The van der Waals surface area contributed by atoms with E-state index in [1.54, 1.807) is 31.4 Å². The Hall–Kier alpha value is -2.52. The molecule has 2 N–H and O–H groups in total. The molecular weight excluding hydrogens is 380 g/mol. The second-order valence-corrected chi connectivity index (χ2v) is 7.54. The van der Waals surface area contributed by atoms with Gasteiger partial charge in [-0.05, 0) is 43.5 Å². The summed E-state index contributed by atoms with van der Waals surface area (Å²) in [5.74, 6) is 0.428. The van der Waals surface area contributed by atoms with Gasteiger partial charge in [0.15, 0.2) is 0 Å². The summed E-state index contributed by atoms with van der Waals surface area (Å²) in [5.41, 5.74) is 0.658. The Bertz CT molecular complexity index is 787. The Morgan fingerprint density at radius 3 is 2.82 bits per heavy atom. The Morgan fingerprint density at radius 2 is 2.11 bits per heavy atom. The zero-order chi connectivity index (χ0) is 19.8. The van der Waals surface area contributed by atoms with Crippen molar-refractivity contribution < 1.29 is 19.1 Å². The summed E-state index contributed by atoms with van der Waals surface area (Å²) in [6, 6.07) is 7.05.